The van der Waals surface area contributed by atoms with Gasteiger partial charge in [0.25, 0.3) is 0 Å². The minimum atomic E-state index is -0.475. The zero-order chi connectivity index (χ0) is 16.7. The second kappa shape index (κ2) is 8.19. The maximum Gasteiger partial charge on any atom is 0.248 e. The Labute approximate surface area is 139 Å². The summed E-state index contributed by atoms with van der Waals surface area (Å²) in [6.07, 6.45) is 0.227. The molecule has 0 saturated heterocycles. The van der Waals surface area contributed by atoms with Gasteiger partial charge in [0.05, 0.1) is 18.1 Å². The Morgan fingerprint density at radius 2 is 1.78 bits per heavy atom. The second-order valence-electron chi connectivity index (χ2n) is 4.87. The van der Waals surface area contributed by atoms with Crippen LogP contribution in [0.15, 0.2) is 48.5 Å². The van der Waals surface area contributed by atoms with Gasteiger partial charge in [0.15, 0.2) is 0 Å². The molecule has 2 aromatic carbocycles. The van der Waals surface area contributed by atoms with E-state index in [1.54, 1.807) is 36.4 Å². The van der Waals surface area contributed by atoms with Crippen molar-refractivity contribution in [2.75, 3.05) is 6.61 Å². The van der Waals surface area contributed by atoms with Crippen molar-refractivity contribution in [3.05, 3.63) is 64.7 Å². The van der Waals surface area contributed by atoms with Crippen LogP contribution < -0.4 is 15.8 Å². The summed E-state index contributed by atoms with van der Waals surface area (Å²) < 4.78 is 5.46. The van der Waals surface area contributed by atoms with Gasteiger partial charge >= 0.3 is 0 Å². The van der Waals surface area contributed by atoms with Gasteiger partial charge in [0.2, 0.25) is 11.8 Å². The Balaban J connectivity index is 1.73. The van der Waals surface area contributed by atoms with Crippen LogP contribution >= 0.6 is 11.6 Å². The molecule has 0 heterocycles. The van der Waals surface area contributed by atoms with Gasteiger partial charge in [-0.15, -0.1) is 0 Å². The summed E-state index contributed by atoms with van der Waals surface area (Å²) in [5.74, 6) is -0.0441. The Hall–Kier alpha value is -2.53. The molecule has 0 bridgehead atoms. The van der Waals surface area contributed by atoms with Crippen molar-refractivity contribution in [1.82, 2.24) is 5.32 Å². The molecule has 0 aliphatic heterocycles. The van der Waals surface area contributed by atoms with E-state index in [0.29, 0.717) is 22.9 Å². The fourth-order valence-electron chi connectivity index (χ4n) is 1.89. The molecule has 2 amide bonds. The van der Waals surface area contributed by atoms with Crippen molar-refractivity contribution in [2.45, 2.75) is 13.0 Å². The van der Waals surface area contributed by atoms with Gasteiger partial charge in [0, 0.05) is 12.1 Å². The standard InChI is InChI=1S/C17H17ClN2O3/c18-14-3-1-2-4-15(14)23-10-9-16(21)20-11-12-5-7-13(8-6-12)17(19)22/h1-8H,9-11H2,(H2,19,22)(H,20,21). The second-order valence-corrected chi connectivity index (χ2v) is 5.27. The molecule has 0 aliphatic carbocycles. The van der Waals surface area contributed by atoms with Crippen molar-refractivity contribution >= 4 is 23.4 Å². The van der Waals surface area contributed by atoms with Crippen LogP contribution in [0.25, 0.3) is 0 Å². The number of hydrogen-bond acceptors (Lipinski definition) is 3. The quantitative estimate of drug-likeness (QED) is 0.817. The summed E-state index contributed by atoms with van der Waals surface area (Å²) in [6.45, 7) is 0.625. The van der Waals surface area contributed by atoms with Crippen LogP contribution in [-0.4, -0.2) is 18.4 Å². The number of nitrogens with two attached hydrogens (primary N) is 1. The van der Waals surface area contributed by atoms with Crippen molar-refractivity contribution in [2.24, 2.45) is 5.73 Å². The van der Waals surface area contributed by atoms with Gasteiger partial charge in [-0.2, -0.15) is 0 Å². The summed E-state index contributed by atoms with van der Waals surface area (Å²) in [4.78, 5) is 22.7. The number of para-hydroxylation sites is 1. The van der Waals surface area contributed by atoms with E-state index in [9.17, 15) is 9.59 Å². The maximum absolute atomic E-state index is 11.8. The molecule has 120 valence electrons. The number of ether oxygens (including phenoxy) is 1. The predicted molar refractivity (Wildman–Crippen MR) is 88.4 cm³/mol. The minimum absolute atomic E-state index is 0.129. The van der Waals surface area contributed by atoms with Gasteiger partial charge < -0.3 is 15.8 Å². The number of nitrogens with one attached hydrogen (secondary N) is 1. The number of amides is 2. The van der Waals surface area contributed by atoms with Crippen LogP contribution in [0.1, 0.15) is 22.3 Å². The van der Waals surface area contributed by atoms with Crippen molar-refractivity contribution in [1.29, 1.82) is 0 Å². The largest absolute Gasteiger partial charge is 0.491 e. The smallest absolute Gasteiger partial charge is 0.248 e. The lowest BCUT2D eigenvalue weighted by atomic mass is 10.1. The zero-order valence-electron chi connectivity index (χ0n) is 12.4. The van der Waals surface area contributed by atoms with Gasteiger partial charge in [0.1, 0.15) is 5.75 Å². The lowest BCUT2D eigenvalue weighted by Crippen LogP contribution is -2.24. The molecule has 6 heteroatoms. The normalized spacial score (nSPS) is 10.1. The highest BCUT2D eigenvalue weighted by Gasteiger charge is 2.05. The van der Waals surface area contributed by atoms with Crippen LogP contribution in [0.4, 0.5) is 0 Å². The molecule has 0 saturated carbocycles. The highest BCUT2D eigenvalue weighted by molar-refractivity contribution is 6.32. The molecule has 23 heavy (non-hydrogen) atoms. The van der Waals surface area contributed by atoms with E-state index in [1.165, 1.54) is 0 Å². The lowest BCUT2D eigenvalue weighted by Gasteiger charge is -2.08. The fourth-order valence-corrected chi connectivity index (χ4v) is 2.08. The predicted octanol–water partition coefficient (Wildman–Crippen LogP) is 2.52. The van der Waals surface area contributed by atoms with Crippen LogP contribution in [0.5, 0.6) is 5.75 Å². The van der Waals surface area contributed by atoms with Gasteiger partial charge in [-0.25, -0.2) is 0 Å². The molecule has 2 aromatic rings. The van der Waals surface area contributed by atoms with E-state index in [0.717, 1.165) is 5.56 Å². The lowest BCUT2D eigenvalue weighted by molar-refractivity contribution is -0.121. The van der Waals surface area contributed by atoms with Crippen LogP contribution in [0.2, 0.25) is 5.02 Å². The zero-order valence-corrected chi connectivity index (χ0v) is 13.2. The van der Waals surface area contributed by atoms with E-state index < -0.39 is 5.91 Å². The van der Waals surface area contributed by atoms with Crippen molar-refractivity contribution in [3.8, 4) is 5.75 Å². The molecule has 0 atom stereocenters. The summed E-state index contributed by atoms with van der Waals surface area (Å²) >= 11 is 5.96. The molecule has 0 fully saturated rings. The highest BCUT2D eigenvalue weighted by atomic mass is 35.5. The maximum atomic E-state index is 11.8. The molecule has 0 spiro atoms. The SMILES string of the molecule is NC(=O)c1ccc(CNC(=O)CCOc2ccccc2Cl)cc1. The monoisotopic (exact) mass is 332 g/mol. The first-order chi connectivity index (χ1) is 11.1. The number of benzene rings is 2. The van der Waals surface area contributed by atoms with Gasteiger partial charge in [-0.05, 0) is 29.8 Å². The van der Waals surface area contributed by atoms with E-state index in [1.807, 2.05) is 12.1 Å². The van der Waals surface area contributed by atoms with Crippen LogP contribution in [0, 0.1) is 0 Å². The highest BCUT2D eigenvalue weighted by Crippen LogP contribution is 2.22. The topological polar surface area (TPSA) is 81.4 Å². The molecular weight excluding hydrogens is 316 g/mol. The van der Waals surface area contributed by atoms with Crippen LogP contribution in [-0.2, 0) is 11.3 Å². The number of carbonyl (C=O) groups excluding carboxylic acids is 2. The third kappa shape index (κ3) is 5.30. The first kappa shape index (κ1) is 16.8. The Bertz CT molecular complexity index is 686. The molecule has 2 rings (SSSR count). The molecule has 0 radical (unpaired) electrons. The number of hydrogen-bond donors (Lipinski definition) is 2. The molecule has 0 unspecified atom stereocenters. The van der Waals surface area contributed by atoms with E-state index in [4.69, 9.17) is 22.1 Å². The number of carbonyl (C=O) groups is 2. The van der Waals surface area contributed by atoms with E-state index in [2.05, 4.69) is 5.32 Å². The molecule has 5 nitrogen and oxygen atoms in total. The number of rotatable bonds is 7. The third-order valence-electron chi connectivity index (χ3n) is 3.15. The Morgan fingerprint density at radius 1 is 1.09 bits per heavy atom. The summed E-state index contributed by atoms with van der Waals surface area (Å²) in [6, 6.07) is 13.9. The first-order valence-corrected chi connectivity index (χ1v) is 7.47. The molecule has 0 aromatic heterocycles. The first-order valence-electron chi connectivity index (χ1n) is 7.09. The fraction of sp³-hybridized carbons (Fsp3) is 0.176. The summed E-state index contributed by atoms with van der Waals surface area (Å²) in [5, 5.41) is 3.30. The van der Waals surface area contributed by atoms with Crippen molar-refractivity contribution < 1.29 is 14.3 Å². The third-order valence-corrected chi connectivity index (χ3v) is 3.46. The Morgan fingerprint density at radius 3 is 2.43 bits per heavy atom. The van der Waals surface area contributed by atoms with Crippen LogP contribution in [0.3, 0.4) is 0 Å². The van der Waals surface area contributed by atoms with Crippen molar-refractivity contribution in [3.63, 3.8) is 0 Å². The van der Waals surface area contributed by atoms with E-state index >= 15 is 0 Å². The number of primary amides is 1. The summed E-state index contributed by atoms with van der Waals surface area (Å²) in [7, 11) is 0. The average Bonchev–Trinajstić information content (AvgIpc) is 2.55. The number of halogens is 1. The average molecular weight is 333 g/mol. The van der Waals surface area contributed by atoms with Gasteiger partial charge in [-0.1, -0.05) is 35.9 Å². The van der Waals surface area contributed by atoms with E-state index in [-0.39, 0.29) is 18.9 Å². The molecular formula is C17H17ClN2O3. The Kier molecular flexibility index (Phi) is 6.00. The molecule has 3 N–H and O–H groups in total. The molecule has 0 aliphatic rings. The summed E-state index contributed by atoms with van der Waals surface area (Å²) in [5.41, 5.74) is 6.49. The minimum Gasteiger partial charge on any atom is -0.491 e. The van der Waals surface area contributed by atoms with Gasteiger partial charge in [-0.3, -0.25) is 9.59 Å².